The maximum Gasteiger partial charge on any atom is 0.253 e. The van der Waals surface area contributed by atoms with Crippen molar-refractivity contribution in [2.24, 2.45) is 5.92 Å². The van der Waals surface area contributed by atoms with Crippen molar-refractivity contribution in [1.82, 2.24) is 15.1 Å². The fraction of sp³-hybridized carbons (Fsp3) is 0.619. The van der Waals surface area contributed by atoms with E-state index >= 15 is 0 Å². The summed E-state index contributed by atoms with van der Waals surface area (Å²) in [6.07, 6.45) is 5.65. The molecule has 1 aliphatic heterocycles. The maximum atomic E-state index is 12.8. The summed E-state index contributed by atoms with van der Waals surface area (Å²) < 4.78 is 0. The number of rotatable bonds is 6. The van der Waals surface area contributed by atoms with Gasteiger partial charge in [-0.3, -0.25) is 14.5 Å². The number of halogens is 1. The Labute approximate surface area is 167 Å². The molecule has 6 heteroatoms. The first kappa shape index (κ1) is 20.2. The second-order valence-corrected chi connectivity index (χ2v) is 8.06. The molecule has 2 fully saturated rings. The Morgan fingerprint density at radius 2 is 1.89 bits per heavy atom. The molecule has 0 unspecified atom stereocenters. The van der Waals surface area contributed by atoms with Gasteiger partial charge in [0.15, 0.2) is 0 Å². The van der Waals surface area contributed by atoms with Crippen molar-refractivity contribution >= 4 is 23.4 Å². The Bertz CT molecular complexity index is 653. The predicted octanol–water partition coefficient (Wildman–Crippen LogP) is 3.18. The molecule has 1 atom stereocenters. The third-order valence-corrected chi connectivity index (χ3v) is 5.97. The van der Waals surface area contributed by atoms with Crippen molar-refractivity contribution in [2.45, 2.75) is 45.1 Å². The number of amides is 2. The number of piperazine rings is 1. The van der Waals surface area contributed by atoms with E-state index in [-0.39, 0.29) is 17.9 Å². The van der Waals surface area contributed by atoms with Gasteiger partial charge >= 0.3 is 0 Å². The van der Waals surface area contributed by atoms with Gasteiger partial charge < -0.3 is 10.2 Å². The summed E-state index contributed by atoms with van der Waals surface area (Å²) in [6, 6.07) is 7.05. The number of hydrogen-bond donors (Lipinski definition) is 1. The molecule has 0 bridgehead atoms. The van der Waals surface area contributed by atoms with Gasteiger partial charge in [0.05, 0.1) is 6.04 Å². The van der Waals surface area contributed by atoms with Crippen molar-refractivity contribution in [3.63, 3.8) is 0 Å². The van der Waals surface area contributed by atoms with Crippen LogP contribution >= 0.6 is 11.6 Å². The van der Waals surface area contributed by atoms with Crippen LogP contribution in [0.5, 0.6) is 0 Å². The van der Waals surface area contributed by atoms with Gasteiger partial charge in [-0.1, -0.05) is 37.4 Å². The zero-order valence-electron chi connectivity index (χ0n) is 16.1. The van der Waals surface area contributed by atoms with Gasteiger partial charge in [-0.05, 0) is 43.4 Å². The molecular formula is C21H30ClN3O2. The van der Waals surface area contributed by atoms with E-state index in [1.165, 1.54) is 12.8 Å². The molecule has 1 N–H and O–H groups in total. The molecule has 2 amide bonds. The van der Waals surface area contributed by atoms with Gasteiger partial charge in [0, 0.05) is 43.3 Å². The standard InChI is InChI=1S/C21H30ClN3O2/c1-2-10-23-20(26)19(16-6-3-4-7-16)24-11-13-25(14-12-24)21(27)17-8-5-9-18(22)15-17/h5,8-9,15-16,19H,2-4,6-7,10-14H2,1H3,(H,23,26)/t19-/m0/s1. The van der Waals surface area contributed by atoms with Crippen LogP contribution in [0, 0.1) is 5.92 Å². The Hall–Kier alpha value is -1.59. The molecule has 1 saturated carbocycles. The monoisotopic (exact) mass is 391 g/mol. The molecular weight excluding hydrogens is 362 g/mol. The van der Waals surface area contributed by atoms with Crippen LogP contribution < -0.4 is 5.32 Å². The van der Waals surface area contributed by atoms with Crippen molar-refractivity contribution in [2.75, 3.05) is 32.7 Å². The fourth-order valence-corrected chi connectivity index (χ4v) is 4.50. The molecule has 3 rings (SSSR count). The van der Waals surface area contributed by atoms with Crippen LogP contribution in [-0.4, -0.2) is 60.4 Å². The van der Waals surface area contributed by atoms with Crippen LogP contribution in [0.2, 0.25) is 5.02 Å². The van der Waals surface area contributed by atoms with Gasteiger partial charge in [-0.15, -0.1) is 0 Å². The maximum absolute atomic E-state index is 12.8. The number of nitrogens with one attached hydrogen (secondary N) is 1. The molecule has 1 heterocycles. The largest absolute Gasteiger partial charge is 0.355 e. The van der Waals surface area contributed by atoms with Crippen molar-refractivity contribution in [3.05, 3.63) is 34.9 Å². The van der Waals surface area contributed by atoms with Crippen LogP contribution in [0.4, 0.5) is 0 Å². The normalized spacial score (nSPS) is 19.9. The topological polar surface area (TPSA) is 52.7 Å². The van der Waals surface area contributed by atoms with E-state index < -0.39 is 0 Å². The van der Waals surface area contributed by atoms with Crippen molar-refractivity contribution in [3.8, 4) is 0 Å². The van der Waals surface area contributed by atoms with E-state index in [0.717, 1.165) is 38.9 Å². The van der Waals surface area contributed by atoms with Crippen LogP contribution in [0.25, 0.3) is 0 Å². The van der Waals surface area contributed by atoms with Gasteiger partial charge in [0.25, 0.3) is 5.91 Å². The van der Waals surface area contributed by atoms with Crippen LogP contribution in [0.15, 0.2) is 24.3 Å². The zero-order valence-corrected chi connectivity index (χ0v) is 16.9. The first-order chi connectivity index (χ1) is 13.1. The number of carbonyl (C=O) groups excluding carboxylic acids is 2. The average Bonchev–Trinajstić information content (AvgIpc) is 3.21. The summed E-state index contributed by atoms with van der Waals surface area (Å²) in [5.74, 6) is 0.625. The number of nitrogens with zero attached hydrogens (tertiary/aromatic N) is 2. The molecule has 27 heavy (non-hydrogen) atoms. The summed E-state index contributed by atoms with van der Waals surface area (Å²) in [7, 11) is 0. The highest BCUT2D eigenvalue weighted by atomic mass is 35.5. The third kappa shape index (κ3) is 5.02. The lowest BCUT2D eigenvalue weighted by Gasteiger charge is -2.40. The fourth-order valence-electron chi connectivity index (χ4n) is 4.31. The molecule has 1 aromatic rings. The van der Waals surface area contributed by atoms with Gasteiger partial charge in [-0.25, -0.2) is 0 Å². The summed E-state index contributed by atoms with van der Waals surface area (Å²) in [4.78, 5) is 29.7. The summed E-state index contributed by atoms with van der Waals surface area (Å²) in [6.45, 7) is 5.59. The Balaban J connectivity index is 1.62. The summed E-state index contributed by atoms with van der Waals surface area (Å²) in [5.41, 5.74) is 0.629. The number of benzene rings is 1. The first-order valence-corrected chi connectivity index (χ1v) is 10.5. The zero-order chi connectivity index (χ0) is 19.2. The molecule has 5 nitrogen and oxygen atoms in total. The molecule has 148 valence electrons. The van der Waals surface area contributed by atoms with E-state index in [2.05, 4.69) is 17.1 Å². The van der Waals surface area contributed by atoms with E-state index in [0.29, 0.717) is 29.6 Å². The van der Waals surface area contributed by atoms with Crippen molar-refractivity contribution < 1.29 is 9.59 Å². The van der Waals surface area contributed by atoms with Crippen LogP contribution in [0.3, 0.4) is 0 Å². The smallest absolute Gasteiger partial charge is 0.253 e. The van der Waals surface area contributed by atoms with E-state index in [1.807, 2.05) is 4.90 Å². The van der Waals surface area contributed by atoms with E-state index in [1.54, 1.807) is 24.3 Å². The Morgan fingerprint density at radius 1 is 1.19 bits per heavy atom. The van der Waals surface area contributed by atoms with Gasteiger partial charge in [-0.2, -0.15) is 0 Å². The Morgan fingerprint density at radius 3 is 2.52 bits per heavy atom. The minimum absolute atomic E-state index is 0.0185. The lowest BCUT2D eigenvalue weighted by molar-refractivity contribution is -0.129. The lowest BCUT2D eigenvalue weighted by Crippen LogP contribution is -2.58. The summed E-state index contributed by atoms with van der Waals surface area (Å²) in [5, 5.41) is 3.67. The number of hydrogen-bond acceptors (Lipinski definition) is 3. The third-order valence-electron chi connectivity index (χ3n) is 5.73. The van der Waals surface area contributed by atoms with E-state index in [9.17, 15) is 9.59 Å². The second kappa shape index (κ2) is 9.56. The van der Waals surface area contributed by atoms with Gasteiger partial charge in [0.2, 0.25) is 5.91 Å². The van der Waals surface area contributed by atoms with Crippen LogP contribution in [-0.2, 0) is 4.79 Å². The molecule has 0 spiro atoms. The second-order valence-electron chi connectivity index (χ2n) is 7.62. The van der Waals surface area contributed by atoms with Crippen LogP contribution in [0.1, 0.15) is 49.4 Å². The van der Waals surface area contributed by atoms with Crippen molar-refractivity contribution in [1.29, 1.82) is 0 Å². The Kier molecular flexibility index (Phi) is 7.13. The predicted molar refractivity (Wildman–Crippen MR) is 108 cm³/mol. The quantitative estimate of drug-likeness (QED) is 0.810. The minimum atomic E-state index is -0.0533. The molecule has 1 saturated heterocycles. The highest BCUT2D eigenvalue weighted by Gasteiger charge is 2.37. The number of carbonyl (C=O) groups is 2. The minimum Gasteiger partial charge on any atom is -0.355 e. The SMILES string of the molecule is CCCNC(=O)[C@H](C1CCCC1)N1CCN(C(=O)c2cccc(Cl)c2)CC1. The highest BCUT2D eigenvalue weighted by Crippen LogP contribution is 2.31. The molecule has 2 aliphatic rings. The molecule has 1 aromatic carbocycles. The molecule has 0 aromatic heterocycles. The molecule has 0 radical (unpaired) electrons. The van der Waals surface area contributed by atoms with E-state index in [4.69, 9.17) is 11.6 Å². The van der Waals surface area contributed by atoms with Gasteiger partial charge in [0.1, 0.15) is 0 Å². The first-order valence-electron chi connectivity index (χ1n) is 10.2. The molecule has 1 aliphatic carbocycles. The highest BCUT2D eigenvalue weighted by molar-refractivity contribution is 6.30. The lowest BCUT2D eigenvalue weighted by atomic mass is 9.95. The summed E-state index contributed by atoms with van der Waals surface area (Å²) >= 11 is 6.02. The average molecular weight is 392 g/mol.